The SMILES string of the molecule is NC(=O)O[P+](=O)O.NC(=O)P(=O)(O)O. The van der Waals surface area contributed by atoms with Crippen molar-refractivity contribution in [3.8, 4) is 0 Å². The van der Waals surface area contributed by atoms with Gasteiger partial charge in [0.15, 0.2) is 0 Å². The van der Waals surface area contributed by atoms with Gasteiger partial charge in [-0.3, -0.25) is 4.79 Å². The molecule has 14 heavy (non-hydrogen) atoms. The molecule has 10 nitrogen and oxygen atoms in total. The lowest BCUT2D eigenvalue weighted by Gasteiger charge is -1.91. The van der Waals surface area contributed by atoms with Gasteiger partial charge in [0.25, 0.3) is 0 Å². The molecule has 0 rings (SSSR count). The second-order valence-electron chi connectivity index (χ2n) is 1.53. The first-order valence-electron chi connectivity index (χ1n) is 2.56. The molecule has 2 amide bonds. The average molecular weight is 249 g/mol. The van der Waals surface area contributed by atoms with Crippen molar-refractivity contribution < 1.29 is 37.9 Å². The van der Waals surface area contributed by atoms with E-state index in [4.69, 9.17) is 14.7 Å². The van der Waals surface area contributed by atoms with Crippen LogP contribution in [0.2, 0.25) is 0 Å². The molecule has 82 valence electrons. The summed E-state index contributed by atoms with van der Waals surface area (Å²) in [5.74, 6) is 0. The Morgan fingerprint density at radius 2 is 1.57 bits per heavy atom. The fourth-order valence-corrected chi connectivity index (χ4v) is 0.231. The van der Waals surface area contributed by atoms with Crippen LogP contribution < -0.4 is 11.5 Å². The zero-order valence-corrected chi connectivity index (χ0v) is 8.22. The number of hydrogen-bond donors (Lipinski definition) is 5. The van der Waals surface area contributed by atoms with Gasteiger partial charge in [-0.1, -0.05) is 0 Å². The van der Waals surface area contributed by atoms with Gasteiger partial charge >= 0.3 is 27.6 Å². The van der Waals surface area contributed by atoms with E-state index >= 15 is 0 Å². The minimum atomic E-state index is -4.60. The minimum absolute atomic E-state index is 1.25. The molecule has 0 aliphatic heterocycles. The van der Waals surface area contributed by atoms with E-state index in [1.165, 1.54) is 0 Å². The van der Waals surface area contributed by atoms with Crippen LogP contribution in [0.15, 0.2) is 0 Å². The molecule has 1 unspecified atom stereocenters. The van der Waals surface area contributed by atoms with Crippen LogP contribution >= 0.6 is 15.9 Å². The van der Waals surface area contributed by atoms with Gasteiger partial charge in [-0.25, -0.2) is 9.36 Å². The summed E-state index contributed by atoms with van der Waals surface area (Å²) >= 11 is 0. The van der Waals surface area contributed by atoms with Gasteiger partial charge in [-0.05, 0) is 0 Å². The molecule has 0 aromatic heterocycles. The standard InChI is InChI=1S/CH4NO4P.CH2NO4P/c2-1(3)7(4,5)6;2-1(3)6-7(4)5/h(H2,2,3)(H2,4,5,6);(H2-,2,3,4,5)/p+1. The summed E-state index contributed by atoms with van der Waals surface area (Å²) in [6.45, 7) is 0. The fourth-order valence-electron chi connectivity index (χ4n) is 0.0770. The topological polar surface area (TPSA) is 190 Å². The van der Waals surface area contributed by atoms with Gasteiger partial charge in [-0.2, -0.15) is 4.52 Å². The summed E-state index contributed by atoms with van der Waals surface area (Å²) < 4.78 is 22.4. The number of carbonyl (C=O) groups excluding carboxylic acids is 2. The predicted molar refractivity (Wildman–Crippen MR) is 42.1 cm³/mol. The Bertz CT molecular complexity index is 269. The van der Waals surface area contributed by atoms with Gasteiger partial charge in [-0.15, -0.1) is 4.89 Å². The molecule has 0 bridgehead atoms. The van der Waals surface area contributed by atoms with Crippen LogP contribution in [0.1, 0.15) is 0 Å². The predicted octanol–water partition coefficient (Wildman–Crippen LogP) is -1.03. The lowest BCUT2D eigenvalue weighted by molar-refractivity contribution is 0.207. The normalized spacial score (nSPS) is 10.6. The van der Waals surface area contributed by atoms with Crippen molar-refractivity contribution in [1.82, 2.24) is 0 Å². The van der Waals surface area contributed by atoms with E-state index in [2.05, 4.69) is 16.0 Å². The zero-order valence-electron chi connectivity index (χ0n) is 6.43. The molecule has 1 atom stereocenters. The highest BCUT2D eigenvalue weighted by Crippen LogP contribution is 2.33. The number of hydrogen-bond acceptors (Lipinski definition) is 5. The molecule has 0 aliphatic rings. The van der Waals surface area contributed by atoms with Crippen LogP contribution in [-0.2, 0) is 13.7 Å². The number of amides is 2. The molecule has 0 spiro atoms. The molecule has 0 radical (unpaired) electrons. The Balaban J connectivity index is 0. The molecular formula is C2H7N2O8P2+. The molecule has 0 aliphatic carbocycles. The molecular weight excluding hydrogens is 242 g/mol. The largest absolute Gasteiger partial charge is 0.752 e. The summed E-state index contributed by atoms with van der Waals surface area (Å²) in [7, 11) is -7.46. The molecule has 0 aromatic rings. The maximum absolute atomic E-state index is 9.55. The van der Waals surface area contributed by atoms with Gasteiger partial charge in [0.1, 0.15) is 0 Å². The van der Waals surface area contributed by atoms with Crippen molar-refractivity contribution in [2.75, 3.05) is 0 Å². The van der Waals surface area contributed by atoms with Crippen LogP contribution in [0.5, 0.6) is 0 Å². The Morgan fingerprint density at radius 3 is 1.57 bits per heavy atom. The highest BCUT2D eigenvalue weighted by Gasteiger charge is 2.20. The molecule has 0 saturated heterocycles. The van der Waals surface area contributed by atoms with Gasteiger partial charge in [0.2, 0.25) is 0 Å². The molecule has 12 heteroatoms. The van der Waals surface area contributed by atoms with Crippen molar-refractivity contribution in [2.24, 2.45) is 11.5 Å². The zero-order chi connectivity index (χ0) is 11.9. The maximum atomic E-state index is 9.55. The van der Waals surface area contributed by atoms with Crippen molar-refractivity contribution >= 4 is 27.6 Å². The molecule has 0 fully saturated rings. The third kappa shape index (κ3) is 13.5. The van der Waals surface area contributed by atoms with E-state index in [1.807, 2.05) is 0 Å². The maximum Gasteiger partial charge on any atom is 0.752 e. The van der Waals surface area contributed by atoms with E-state index in [9.17, 15) is 18.7 Å². The average Bonchev–Trinajstić information content (AvgIpc) is 1.81. The molecule has 0 saturated carbocycles. The van der Waals surface area contributed by atoms with Crippen LogP contribution in [0.3, 0.4) is 0 Å². The molecule has 0 heterocycles. The Morgan fingerprint density at radius 1 is 1.29 bits per heavy atom. The third-order valence-electron chi connectivity index (χ3n) is 0.455. The summed E-state index contributed by atoms with van der Waals surface area (Å²) in [4.78, 5) is 42.1. The molecule has 0 aromatic carbocycles. The van der Waals surface area contributed by atoms with E-state index < -0.39 is 27.6 Å². The highest BCUT2D eigenvalue weighted by atomic mass is 31.2. The first-order valence-corrected chi connectivity index (χ1v) is 5.30. The Kier molecular flexibility index (Phi) is 7.06. The number of rotatable bonds is 2. The second kappa shape index (κ2) is 6.41. The summed E-state index contributed by atoms with van der Waals surface area (Å²) in [5.41, 5.74) is 6.87. The van der Waals surface area contributed by atoms with Crippen LogP contribution in [-0.4, -0.2) is 26.4 Å². The van der Waals surface area contributed by atoms with Crippen LogP contribution in [0, 0.1) is 0 Å². The number of nitrogens with two attached hydrogens (primary N) is 2. The number of primary amides is 2. The second-order valence-corrected chi connectivity index (χ2v) is 3.72. The quantitative estimate of drug-likeness (QED) is 0.383. The fraction of sp³-hybridized carbons (Fsp3) is 0. The van der Waals surface area contributed by atoms with E-state index in [0.717, 1.165) is 0 Å². The van der Waals surface area contributed by atoms with Gasteiger partial charge in [0.05, 0.1) is 0 Å². The first-order chi connectivity index (χ1) is 6.07. The van der Waals surface area contributed by atoms with Gasteiger partial charge < -0.3 is 21.3 Å². The lowest BCUT2D eigenvalue weighted by Crippen LogP contribution is -2.07. The van der Waals surface area contributed by atoms with Crippen molar-refractivity contribution in [3.05, 3.63) is 0 Å². The smallest absolute Gasteiger partial charge is 0.359 e. The summed E-state index contributed by atoms with van der Waals surface area (Å²) in [6, 6.07) is 0. The van der Waals surface area contributed by atoms with Crippen molar-refractivity contribution in [1.29, 1.82) is 0 Å². The monoisotopic (exact) mass is 249 g/mol. The van der Waals surface area contributed by atoms with E-state index in [0.29, 0.717) is 0 Å². The minimum Gasteiger partial charge on any atom is -0.359 e. The van der Waals surface area contributed by atoms with Crippen LogP contribution in [0.25, 0.3) is 0 Å². The summed E-state index contributed by atoms with van der Waals surface area (Å²) in [5, 5.41) is 0. The Labute approximate surface area is 78.0 Å². The van der Waals surface area contributed by atoms with E-state index in [-0.39, 0.29) is 0 Å². The molecule has 7 N–H and O–H groups in total. The van der Waals surface area contributed by atoms with Crippen LogP contribution in [0.4, 0.5) is 9.59 Å². The summed E-state index contributed by atoms with van der Waals surface area (Å²) in [6.07, 6.45) is -1.25. The lowest BCUT2D eigenvalue weighted by atomic mass is 11.3. The van der Waals surface area contributed by atoms with E-state index in [1.54, 1.807) is 0 Å². The third-order valence-corrected chi connectivity index (χ3v) is 1.37. The van der Waals surface area contributed by atoms with Crippen molar-refractivity contribution in [2.45, 2.75) is 0 Å². The first kappa shape index (κ1) is 15.4. The Hall–Kier alpha value is -1.05. The van der Waals surface area contributed by atoms with Crippen molar-refractivity contribution in [3.63, 3.8) is 0 Å². The highest BCUT2D eigenvalue weighted by molar-refractivity contribution is 7.69. The van der Waals surface area contributed by atoms with Gasteiger partial charge in [0, 0.05) is 4.57 Å². The number of carbonyl (C=O) groups is 2.